The number of methoxy groups -OCH3 is 1. The number of carbonyl (C=O) groups is 1. The number of aryl methyl sites for hydroxylation is 1. The van der Waals surface area contributed by atoms with Gasteiger partial charge in [-0.15, -0.1) is 0 Å². The number of aromatic nitrogens is 2. The fraction of sp³-hybridized carbons (Fsp3) is 0.714. The number of halogens is 1. The molecule has 20 heavy (non-hydrogen) atoms. The van der Waals surface area contributed by atoms with Gasteiger partial charge in [-0.25, -0.2) is 0 Å². The van der Waals surface area contributed by atoms with Crippen LogP contribution in [0, 0.1) is 9.49 Å². The van der Waals surface area contributed by atoms with Crippen LogP contribution in [0.3, 0.4) is 0 Å². The third-order valence-electron chi connectivity index (χ3n) is 4.17. The Labute approximate surface area is 133 Å². The molecule has 5 nitrogen and oxygen atoms in total. The van der Waals surface area contributed by atoms with E-state index in [-0.39, 0.29) is 5.97 Å². The van der Waals surface area contributed by atoms with Crippen molar-refractivity contribution in [2.75, 3.05) is 13.7 Å². The smallest absolute Gasteiger partial charge is 0.326 e. The topological polar surface area (TPSA) is 56.1 Å². The summed E-state index contributed by atoms with van der Waals surface area (Å²) in [4.78, 5) is 12.2. The van der Waals surface area contributed by atoms with Crippen molar-refractivity contribution in [3.8, 4) is 0 Å². The third-order valence-corrected chi connectivity index (χ3v) is 4.73. The van der Waals surface area contributed by atoms with Gasteiger partial charge in [-0.1, -0.05) is 13.3 Å². The predicted octanol–water partition coefficient (Wildman–Crippen LogP) is 2.20. The SMILES string of the molecule is CCNC1(C(=O)OC)CCCC1CCn1cc(I)cn1. The Hall–Kier alpha value is -0.630. The van der Waals surface area contributed by atoms with Crippen LogP contribution in [-0.2, 0) is 16.1 Å². The summed E-state index contributed by atoms with van der Waals surface area (Å²) in [6.07, 6.45) is 7.84. The maximum Gasteiger partial charge on any atom is 0.326 e. The van der Waals surface area contributed by atoms with E-state index in [4.69, 9.17) is 4.74 Å². The second-order valence-corrected chi connectivity index (χ2v) is 6.54. The van der Waals surface area contributed by atoms with Crippen LogP contribution in [-0.4, -0.2) is 34.9 Å². The summed E-state index contributed by atoms with van der Waals surface area (Å²) in [5, 5.41) is 7.70. The molecule has 2 atom stereocenters. The first-order valence-corrected chi connectivity index (χ1v) is 8.21. The standard InChI is InChI=1S/C14H22IN3O2/c1-3-16-14(13(19)20-2)7-4-5-11(14)6-8-18-10-12(15)9-17-18/h9-11,16H,3-8H2,1-2H3. The molecule has 112 valence electrons. The third kappa shape index (κ3) is 3.16. The summed E-state index contributed by atoms with van der Waals surface area (Å²) in [7, 11) is 1.48. The molecular formula is C14H22IN3O2. The van der Waals surface area contributed by atoms with Gasteiger partial charge < -0.3 is 10.1 Å². The van der Waals surface area contributed by atoms with Gasteiger partial charge in [0, 0.05) is 12.7 Å². The van der Waals surface area contributed by atoms with E-state index in [2.05, 4.69) is 33.0 Å². The Bertz CT molecular complexity index is 463. The Balaban J connectivity index is 2.06. The van der Waals surface area contributed by atoms with Crippen LogP contribution in [0.25, 0.3) is 0 Å². The lowest BCUT2D eigenvalue weighted by Crippen LogP contribution is -2.55. The number of nitrogens with zero attached hydrogens (tertiary/aromatic N) is 2. The molecule has 0 aliphatic heterocycles. The van der Waals surface area contributed by atoms with Gasteiger partial charge >= 0.3 is 5.97 Å². The maximum atomic E-state index is 12.2. The quantitative estimate of drug-likeness (QED) is 0.597. The molecule has 1 saturated carbocycles. The molecule has 0 spiro atoms. The van der Waals surface area contributed by atoms with Crippen molar-refractivity contribution in [3.05, 3.63) is 16.0 Å². The highest BCUT2D eigenvalue weighted by Gasteiger charge is 2.48. The monoisotopic (exact) mass is 391 g/mol. The predicted molar refractivity (Wildman–Crippen MR) is 85.3 cm³/mol. The molecule has 6 heteroatoms. The van der Waals surface area contributed by atoms with Crippen molar-refractivity contribution in [3.63, 3.8) is 0 Å². The number of rotatable bonds is 6. The molecule has 1 aromatic heterocycles. The maximum absolute atomic E-state index is 12.2. The molecule has 1 aromatic rings. The summed E-state index contributed by atoms with van der Waals surface area (Å²) < 4.78 is 8.14. The lowest BCUT2D eigenvalue weighted by molar-refractivity contribution is -0.150. The van der Waals surface area contributed by atoms with Crippen LogP contribution in [0.15, 0.2) is 12.4 Å². The van der Waals surface area contributed by atoms with Gasteiger partial charge in [0.1, 0.15) is 5.54 Å². The lowest BCUT2D eigenvalue weighted by Gasteiger charge is -2.33. The number of hydrogen-bond donors (Lipinski definition) is 1. The van der Waals surface area contributed by atoms with E-state index < -0.39 is 5.54 Å². The Morgan fingerprint density at radius 1 is 1.70 bits per heavy atom. The first-order valence-electron chi connectivity index (χ1n) is 7.13. The van der Waals surface area contributed by atoms with Crippen LogP contribution in [0.1, 0.15) is 32.6 Å². The Kier molecular flexibility index (Phi) is 5.42. The van der Waals surface area contributed by atoms with Gasteiger partial charge in [-0.3, -0.25) is 9.48 Å². The first kappa shape index (κ1) is 15.8. The van der Waals surface area contributed by atoms with Gasteiger partial charge in [0.15, 0.2) is 0 Å². The molecule has 1 aliphatic carbocycles. The summed E-state index contributed by atoms with van der Waals surface area (Å²) in [6, 6.07) is 0. The highest BCUT2D eigenvalue weighted by atomic mass is 127. The van der Waals surface area contributed by atoms with E-state index >= 15 is 0 Å². The number of esters is 1. The molecule has 0 amide bonds. The molecule has 0 bridgehead atoms. The van der Waals surface area contributed by atoms with Gasteiger partial charge in [-0.2, -0.15) is 5.10 Å². The lowest BCUT2D eigenvalue weighted by atomic mass is 9.84. The normalized spacial score (nSPS) is 25.9. The minimum atomic E-state index is -0.496. The molecule has 0 aromatic carbocycles. The van der Waals surface area contributed by atoms with Crippen molar-refractivity contribution in [2.24, 2.45) is 5.92 Å². The van der Waals surface area contributed by atoms with E-state index in [9.17, 15) is 4.79 Å². The Morgan fingerprint density at radius 3 is 3.10 bits per heavy atom. The fourth-order valence-corrected chi connectivity index (χ4v) is 3.73. The average molecular weight is 391 g/mol. The summed E-state index contributed by atoms with van der Waals surface area (Å²) in [5.41, 5.74) is -0.496. The van der Waals surface area contributed by atoms with Gasteiger partial charge in [0.05, 0.1) is 16.9 Å². The van der Waals surface area contributed by atoms with Crippen molar-refractivity contribution in [1.29, 1.82) is 0 Å². The molecule has 2 unspecified atom stereocenters. The Morgan fingerprint density at radius 2 is 2.50 bits per heavy atom. The molecular weight excluding hydrogens is 369 g/mol. The zero-order valence-electron chi connectivity index (χ0n) is 12.1. The van der Waals surface area contributed by atoms with Gasteiger partial charge in [-0.05, 0) is 54.3 Å². The summed E-state index contributed by atoms with van der Waals surface area (Å²) in [5.74, 6) is 0.202. The van der Waals surface area contributed by atoms with Crippen LogP contribution < -0.4 is 5.32 Å². The van der Waals surface area contributed by atoms with E-state index in [1.807, 2.05) is 24.0 Å². The second kappa shape index (κ2) is 6.89. The zero-order chi connectivity index (χ0) is 14.6. The molecule has 2 rings (SSSR count). The van der Waals surface area contributed by atoms with Gasteiger partial charge in [0.2, 0.25) is 0 Å². The van der Waals surface area contributed by atoms with Crippen molar-refractivity contribution >= 4 is 28.6 Å². The van der Waals surface area contributed by atoms with E-state index in [1.165, 1.54) is 7.11 Å². The molecule has 1 heterocycles. The molecule has 1 fully saturated rings. The number of likely N-dealkylation sites (N-methyl/N-ethyl adjacent to an activating group) is 1. The number of ether oxygens (including phenoxy) is 1. The van der Waals surface area contributed by atoms with Crippen molar-refractivity contribution < 1.29 is 9.53 Å². The van der Waals surface area contributed by atoms with Crippen molar-refractivity contribution in [1.82, 2.24) is 15.1 Å². The van der Waals surface area contributed by atoms with Crippen molar-refractivity contribution in [2.45, 2.75) is 44.7 Å². The van der Waals surface area contributed by atoms with E-state index in [0.717, 1.165) is 42.3 Å². The summed E-state index contributed by atoms with van der Waals surface area (Å²) in [6.45, 7) is 3.67. The highest BCUT2D eigenvalue weighted by molar-refractivity contribution is 14.1. The van der Waals surface area contributed by atoms with E-state index in [1.54, 1.807) is 0 Å². The summed E-state index contributed by atoms with van der Waals surface area (Å²) >= 11 is 2.26. The van der Waals surface area contributed by atoms with Crippen LogP contribution in [0.5, 0.6) is 0 Å². The number of nitrogens with one attached hydrogen (secondary N) is 1. The second-order valence-electron chi connectivity index (χ2n) is 5.29. The molecule has 1 N–H and O–H groups in total. The van der Waals surface area contributed by atoms with Crippen LogP contribution in [0.2, 0.25) is 0 Å². The minimum Gasteiger partial charge on any atom is -0.468 e. The number of hydrogen-bond acceptors (Lipinski definition) is 4. The fourth-order valence-electron chi connectivity index (χ4n) is 3.29. The molecule has 1 aliphatic rings. The molecule has 0 radical (unpaired) electrons. The number of carbonyl (C=O) groups excluding carboxylic acids is 1. The van der Waals surface area contributed by atoms with E-state index in [0.29, 0.717) is 5.92 Å². The minimum absolute atomic E-state index is 0.114. The molecule has 0 saturated heterocycles. The van der Waals surface area contributed by atoms with Crippen LogP contribution in [0.4, 0.5) is 0 Å². The average Bonchev–Trinajstić information content (AvgIpc) is 3.03. The van der Waals surface area contributed by atoms with Gasteiger partial charge in [0.25, 0.3) is 0 Å². The largest absolute Gasteiger partial charge is 0.468 e. The first-order chi connectivity index (χ1) is 9.62. The van der Waals surface area contributed by atoms with Crippen LogP contribution >= 0.6 is 22.6 Å². The highest BCUT2D eigenvalue weighted by Crippen LogP contribution is 2.39. The zero-order valence-corrected chi connectivity index (χ0v) is 14.2.